The van der Waals surface area contributed by atoms with Gasteiger partial charge in [-0.2, -0.15) is 0 Å². The molecule has 134 valence electrons. The molecule has 1 aromatic rings. The predicted octanol–water partition coefficient (Wildman–Crippen LogP) is 3.01. The Balaban J connectivity index is 1.33. The first-order chi connectivity index (χ1) is 11.7. The molecule has 2 heterocycles. The number of likely N-dealkylation sites (tertiary alicyclic amines) is 2. The molecule has 3 nitrogen and oxygen atoms in total. The number of hydrogen-bond acceptors (Lipinski definition) is 3. The highest BCUT2D eigenvalue weighted by Crippen LogP contribution is 2.16. The van der Waals surface area contributed by atoms with E-state index in [4.69, 9.17) is 0 Å². The van der Waals surface area contributed by atoms with Crippen molar-refractivity contribution in [2.24, 2.45) is 5.92 Å². The van der Waals surface area contributed by atoms with Gasteiger partial charge in [0.05, 0.1) is 0 Å². The van der Waals surface area contributed by atoms with Gasteiger partial charge in [0, 0.05) is 31.7 Å². The Kier molecular flexibility index (Phi) is 6.70. The van der Waals surface area contributed by atoms with Gasteiger partial charge >= 0.3 is 0 Å². The van der Waals surface area contributed by atoms with Crippen molar-refractivity contribution in [2.75, 3.05) is 39.3 Å². The third kappa shape index (κ3) is 5.58. The largest absolute Gasteiger partial charge is 0.310 e. The van der Waals surface area contributed by atoms with Crippen LogP contribution in [0, 0.1) is 5.92 Å². The Morgan fingerprint density at radius 2 is 1.62 bits per heavy atom. The van der Waals surface area contributed by atoms with Gasteiger partial charge in [-0.3, -0.25) is 0 Å². The molecule has 1 aromatic carbocycles. The minimum atomic E-state index is 0.711. The number of benzene rings is 1. The second kappa shape index (κ2) is 8.98. The lowest BCUT2D eigenvalue weighted by Gasteiger charge is -2.34. The van der Waals surface area contributed by atoms with Crippen LogP contribution < -0.4 is 5.32 Å². The Morgan fingerprint density at radius 3 is 2.33 bits per heavy atom. The molecule has 1 N–H and O–H groups in total. The zero-order valence-electron chi connectivity index (χ0n) is 15.6. The highest BCUT2D eigenvalue weighted by atomic mass is 15.2. The summed E-state index contributed by atoms with van der Waals surface area (Å²) >= 11 is 0. The summed E-state index contributed by atoms with van der Waals surface area (Å²) in [5.74, 6) is 0.794. The second-order valence-electron chi connectivity index (χ2n) is 8.16. The normalized spacial score (nSPS) is 24.0. The molecule has 2 aliphatic heterocycles. The first-order valence-electron chi connectivity index (χ1n) is 9.93. The fraction of sp³-hybridized carbons (Fsp3) is 0.714. The molecule has 0 spiro atoms. The van der Waals surface area contributed by atoms with Crippen molar-refractivity contribution in [3.05, 3.63) is 35.9 Å². The monoisotopic (exact) mass is 329 g/mol. The minimum absolute atomic E-state index is 0.711. The molecule has 0 bridgehead atoms. The molecule has 1 atom stereocenters. The van der Waals surface area contributed by atoms with E-state index in [-0.39, 0.29) is 0 Å². The highest BCUT2D eigenvalue weighted by molar-refractivity contribution is 5.14. The van der Waals surface area contributed by atoms with Crippen LogP contribution in [0.15, 0.2) is 30.3 Å². The van der Waals surface area contributed by atoms with Gasteiger partial charge in [0.15, 0.2) is 0 Å². The standard InChI is InChI=1S/C21H35N3/c1-18(2)16-23-13-9-20(10-14-23)22-21-11-15-24(17-21)12-8-19-6-4-3-5-7-19/h3-7,18,20-22H,8-17H2,1-2H3/t21-/m0/s1. The van der Waals surface area contributed by atoms with Gasteiger partial charge in [0.2, 0.25) is 0 Å². The average molecular weight is 330 g/mol. The molecule has 2 fully saturated rings. The van der Waals surface area contributed by atoms with Crippen LogP contribution in [-0.4, -0.2) is 61.2 Å². The maximum atomic E-state index is 3.95. The second-order valence-corrected chi connectivity index (χ2v) is 8.16. The molecule has 0 aromatic heterocycles. The van der Waals surface area contributed by atoms with E-state index in [0.717, 1.165) is 12.0 Å². The molecular formula is C21H35N3. The summed E-state index contributed by atoms with van der Waals surface area (Å²) in [6.07, 6.45) is 5.16. The first-order valence-corrected chi connectivity index (χ1v) is 9.93. The van der Waals surface area contributed by atoms with Crippen LogP contribution in [0.25, 0.3) is 0 Å². The van der Waals surface area contributed by atoms with Crippen molar-refractivity contribution < 1.29 is 0 Å². The van der Waals surface area contributed by atoms with Gasteiger partial charge in [-0.25, -0.2) is 0 Å². The number of nitrogens with one attached hydrogen (secondary N) is 1. The predicted molar refractivity (Wildman–Crippen MR) is 102 cm³/mol. The van der Waals surface area contributed by atoms with Crippen LogP contribution >= 0.6 is 0 Å². The van der Waals surface area contributed by atoms with E-state index in [1.807, 2.05) is 0 Å². The molecule has 2 aliphatic rings. The smallest absolute Gasteiger partial charge is 0.0209 e. The zero-order chi connectivity index (χ0) is 16.8. The van der Waals surface area contributed by atoms with Crippen LogP contribution in [0.2, 0.25) is 0 Å². The van der Waals surface area contributed by atoms with Gasteiger partial charge in [-0.15, -0.1) is 0 Å². The molecule has 0 radical (unpaired) electrons. The summed E-state index contributed by atoms with van der Waals surface area (Å²) in [7, 11) is 0. The van der Waals surface area contributed by atoms with Crippen molar-refractivity contribution in [1.82, 2.24) is 15.1 Å². The van der Waals surface area contributed by atoms with Crippen molar-refractivity contribution in [3.8, 4) is 0 Å². The van der Waals surface area contributed by atoms with E-state index in [1.165, 1.54) is 70.5 Å². The first kappa shape index (κ1) is 17.9. The Bertz CT molecular complexity index is 465. The molecule has 0 amide bonds. The topological polar surface area (TPSA) is 18.5 Å². The fourth-order valence-corrected chi connectivity index (χ4v) is 4.24. The van der Waals surface area contributed by atoms with Crippen LogP contribution in [0.5, 0.6) is 0 Å². The van der Waals surface area contributed by atoms with Crippen molar-refractivity contribution in [3.63, 3.8) is 0 Å². The molecule has 2 saturated heterocycles. The molecular weight excluding hydrogens is 294 g/mol. The molecule has 0 saturated carbocycles. The molecule has 3 heteroatoms. The molecule has 24 heavy (non-hydrogen) atoms. The lowest BCUT2D eigenvalue weighted by atomic mass is 10.0. The lowest BCUT2D eigenvalue weighted by Crippen LogP contribution is -2.47. The van der Waals surface area contributed by atoms with E-state index in [9.17, 15) is 0 Å². The van der Waals surface area contributed by atoms with Gasteiger partial charge in [0.25, 0.3) is 0 Å². The zero-order valence-corrected chi connectivity index (χ0v) is 15.6. The maximum absolute atomic E-state index is 3.95. The Morgan fingerprint density at radius 1 is 0.958 bits per heavy atom. The van der Waals surface area contributed by atoms with Gasteiger partial charge in [-0.05, 0) is 56.8 Å². The van der Waals surface area contributed by atoms with Crippen molar-refractivity contribution in [2.45, 2.75) is 51.6 Å². The SMILES string of the molecule is CC(C)CN1CCC(N[C@H]2CCN(CCc3ccccc3)C2)CC1. The van der Waals surface area contributed by atoms with Crippen molar-refractivity contribution >= 4 is 0 Å². The van der Waals surface area contributed by atoms with E-state index in [1.54, 1.807) is 0 Å². The fourth-order valence-electron chi connectivity index (χ4n) is 4.24. The summed E-state index contributed by atoms with van der Waals surface area (Å²) in [4.78, 5) is 5.28. The van der Waals surface area contributed by atoms with E-state index < -0.39 is 0 Å². The van der Waals surface area contributed by atoms with Gasteiger partial charge < -0.3 is 15.1 Å². The van der Waals surface area contributed by atoms with E-state index in [2.05, 4.69) is 59.3 Å². The van der Waals surface area contributed by atoms with Crippen LogP contribution in [0.3, 0.4) is 0 Å². The molecule has 0 unspecified atom stereocenters. The Labute approximate surface area is 148 Å². The summed E-state index contributed by atoms with van der Waals surface area (Å²) in [5, 5.41) is 3.95. The lowest BCUT2D eigenvalue weighted by molar-refractivity contribution is 0.174. The van der Waals surface area contributed by atoms with Gasteiger partial charge in [0.1, 0.15) is 0 Å². The number of rotatable bonds is 7. The van der Waals surface area contributed by atoms with E-state index in [0.29, 0.717) is 6.04 Å². The minimum Gasteiger partial charge on any atom is -0.310 e. The third-order valence-electron chi connectivity index (χ3n) is 5.51. The summed E-state index contributed by atoms with van der Waals surface area (Å²) in [6, 6.07) is 12.3. The summed E-state index contributed by atoms with van der Waals surface area (Å²) in [5.41, 5.74) is 1.46. The number of nitrogens with zero attached hydrogens (tertiary/aromatic N) is 2. The Hall–Kier alpha value is -0.900. The van der Waals surface area contributed by atoms with Crippen LogP contribution in [0.4, 0.5) is 0 Å². The summed E-state index contributed by atoms with van der Waals surface area (Å²) in [6.45, 7) is 12.2. The number of piperidine rings is 1. The quantitative estimate of drug-likeness (QED) is 0.829. The third-order valence-corrected chi connectivity index (χ3v) is 5.51. The molecule has 3 rings (SSSR count). The van der Waals surface area contributed by atoms with Gasteiger partial charge in [-0.1, -0.05) is 44.2 Å². The summed E-state index contributed by atoms with van der Waals surface area (Å²) < 4.78 is 0. The molecule has 0 aliphatic carbocycles. The van der Waals surface area contributed by atoms with Crippen LogP contribution in [0.1, 0.15) is 38.7 Å². The highest BCUT2D eigenvalue weighted by Gasteiger charge is 2.26. The maximum Gasteiger partial charge on any atom is 0.0209 e. The average Bonchev–Trinajstić information content (AvgIpc) is 3.03. The van der Waals surface area contributed by atoms with Crippen LogP contribution in [-0.2, 0) is 6.42 Å². The van der Waals surface area contributed by atoms with Crippen molar-refractivity contribution in [1.29, 1.82) is 0 Å². The number of hydrogen-bond donors (Lipinski definition) is 1. The van der Waals surface area contributed by atoms with E-state index >= 15 is 0 Å².